The number of nitrogens with zero attached hydrogens (tertiary/aromatic N) is 2. The largest absolute Gasteiger partial charge is 0.494 e. The van der Waals surface area contributed by atoms with Gasteiger partial charge in [-0.15, -0.1) is 0 Å². The quantitative estimate of drug-likeness (QED) is 0.573. The SMILES string of the molecule is O=c1[nH]c(=S)n(-c2ccccc2)c(O)c1C=Nc1ccccc1. The van der Waals surface area contributed by atoms with Gasteiger partial charge in [0.2, 0.25) is 5.88 Å². The van der Waals surface area contributed by atoms with Crippen LogP contribution in [-0.4, -0.2) is 20.9 Å². The molecule has 0 unspecified atom stereocenters. The Bertz CT molecular complexity index is 961. The van der Waals surface area contributed by atoms with Crippen LogP contribution in [0.1, 0.15) is 5.56 Å². The van der Waals surface area contributed by atoms with Crippen molar-refractivity contribution in [2.75, 3.05) is 0 Å². The minimum atomic E-state index is -0.487. The Labute approximate surface area is 137 Å². The summed E-state index contributed by atoms with van der Waals surface area (Å²) in [5.74, 6) is -0.246. The van der Waals surface area contributed by atoms with E-state index in [1.165, 1.54) is 10.8 Å². The second kappa shape index (κ2) is 6.41. The number of hydrogen-bond acceptors (Lipinski definition) is 4. The first-order valence-corrected chi connectivity index (χ1v) is 7.30. The molecular weight excluding hydrogens is 310 g/mol. The maximum absolute atomic E-state index is 12.1. The molecule has 0 fully saturated rings. The van der Waals surface area contributed by atoms with Crippen molar-refractivity contribution >= 4 is 24.1 Å². The Balaban J connectivity index is 2.14. The lowest BCUT2D eigenvalue weighted by molar-refractivity contribution is 0.432. The van der Waals surface area contributed by atoms with Crippen LogP contribution in [0.5, 0.6) is 5.88 Å². The number of para-hydroxylation sites is 2. The van der Waals surface area contributed by atoms with Crippen molar-refractivity contribution in [3.05, 3.63) is 81.4 Å². The molecule has 0 aliphatic heterocycles. The maximum atomic E-state index is 12.1. The molecule has 1 aromatic heterocycles. The Hall–Kier alpha value is -2.99. The van der Waals surface area contributed by atoms with E-state index in [1.807, 2.05) is 36.4 Å². The fraction of sp³-hybridized carbons (Fsp3) is 0. The average molecular weight is 323 g/mol. The summed E-state index contributed by atoms with van der Waals surface area (Å²) >= 11 is 5.15. The average Bonchev–Trinajstić information content (AvgIpc) is 2.56. The fourth-order valence-corrected chi connectivity index (χ4v) is 2.41. The summed E-state index contributed by atoms with van der Waals surface area (Å²) in [7, 11) is 0. The zero-order valence-corrected chi connectivity index (χ0v) is 12.8. The van der Waals surface area contributed by atoms with Crippen LogP contribution in [0.3, 0.4) is 0 Å². The molecule has 0 aliphatic rings. The third-order valence-corrected chi connectivity index (χ3v) is 3.52. The van der Waals surface area contributed by atoms with E-state index in [0.29, 0.717) is 11.4 Å². The summed E-state index contributed by atoms with van der Waals surface area (Å²) < 4.78 is 1.51. The normalized spacial score (nSPS) is 11.0. The van der Waals surface area contributed by atoms with E-state index < -0.39 is 5.56 Å². The van der Waals surface area contributed by atoms with Crippen LogP contribution < -0.4 is 5.56 Å². The van der Waals surface area contributed by atoms with E-state index in [1.54, 1.807) is 24.3 Å². The van der Waals surface area contributed by atoms with Gasteiger partial charge in [-0.1, -0.05) is 36.4 Å². The number of nitrogens with one attached hydrogen (secondary N) is 1. The molecule has 3 aromatic rings. The van der Waals surface area contributed by atoms with E-state index in [0.717, 1.165) is 0 Å². The van der Waals surface area contributed by atoms with E-state index in [9.17, 15) is 9.90 Å². The lowest BCUT2D eigenvalue weighted by Crippen LogP contribution is -2.17. The maximum Gasteiger partial charge on any atom is 0.264 e. The van der Waals surface area contributed by atoms with Crippen LogP contribution in [0.15, 0.2) is 70.5 Å². The van der Waals surface area contributed by atoms with Crippen molar-refractivity contribution in [1.29, 1.82) is 0 Å². The van der Waals surface area contributed by atoms with Crippen LogP contribution in [0.25, 0.3) is 5.69 Å². The molecule has 1 heterocycles. The summed E-state index contributed by atoms with van der Waals surface area (Å²) in [5, 5.41) is 10.5. The molecule has 0 spiro atoms. The molecular formula is C17H13N3O2S. The lowest BCUT2D eigenvalue weighted by atomic mass is 10.3. The number of aromatic hydroxyl groups is 1. The van der Waals surface area contributed by atoms with Crippen molar-refractivity contribution in [1.82, 2.24) is 9.55 Å². The zero-order chi connectivity index (χ0) is 16.2. The Morgan fingerprint density at radius 1 is 1.04 bits per heavy atom. The summed E-state index contributed by atoms with van der Waals surface area (Å²) in [6.45, 7) is 0. The van der Waals surface area contributed by atoms with Crippen LogP contribution >= 0.6 is 12.2 Å². The van der Waals surface area contributed by atoms with Crippen LogP contribution in [0.4, 0.5) is 5.69 Å². The van der Waals surface area contributed by atoms with E-state index >= 15 is 0 Å². The summed E-state index contributed by atoms with van der Waals surface area (Å²) in [6.07, 6.45) is 1.33. The summed E-state index contributed by atoms with van der Waals surface area (Å²) in [4.78, 5) is 18.8. The van der Waals surface area contributed by atoms with Gasteiger partial charge in [-0.2, -0.15) is 0 Å². The van der Waals surface area contributed by atoms with E-state index in [4.69, 9.17) is 12.2 Å². The standard InChI is InChI=1S/C17H13N3O2S/c21-15-14(11-18-12-7-3-1-4-8-12)16(22)20(17(23)19-15)13-9-5-2-6-10-13/h1-11,22H,(H,19,21,23). The van der Waals surface area contributed by atoms with Crippen LogP contribution in [0.2, 0.25) is 0 Å². The van der Waals surface area contributed by atoms with Gasteiger partial charge in [-0.05, 0) is 36.5 Å². The first kappa shape index (κ1) is 14.9. The minimum Gasteiger partial charge on any atom is -0.494 e. The van der Waals surface area contributed by atoms with Gasteiger partial charge in [-0.25, -0.2) is 0 Å². The van der Waals surface area contributed by atoms with Gasteiger partial charge in [0.1, 0.15) is 5.56 Å². The van der Waals surface area contributed by atoms with Gasteiger partial charge in [0.05, 0.1) is 11.4 Å². The highest BCUT2D eigenvalue weighted by atomic mass is 32.1. The van der Waals surface area contributed by atoms with E-state index in [2.05, 4.69) is 9.98 Å². The molecule has 0 radical (unpaired) electrons. The lowest BCUT2D eigenvalue weighted by Gasteiger charge is -2.10. The highest BCUT2D eigenvalue weighted by Gasteiger charge is 2.12. The predicted molar refractivity (Wildman–Crippen MR) is 92.6 cm³/mol. The number of aromatic amines is 1. The fourth-order valence-electron chi connectivity index (χ4n) is 2.12. The van der Waals surface area contributed by atoms with Gasteiger partial charge < -0.3 is 5.11 Å². The van der Waals surface area contributed by atoms with Gasteiger partial charge in [-0.3, -0.25) is 19.3 Å². The Morgan fingerprint density at radius 3 is 2.30 bits per heavy atom. The molecule has 2 aromatic carbocycles. The summed E-state index contributed by atoms with van der Waals surface area (Å²) in [5.41, 5.74) is 0.895. The van der Waals surface area contributed by atoms with Crippen LogP contribution in [-0.2, 0) is 0 Å². The van der Waals surface area contributed by atoms with E-state index in [-0.39, 0.29) is 16.2 Å². The second-order valence-electron chi connectivity index (χ2n) is 4.76. The van der Waals surface area contributed by atoms with Gasteiger partial charge in [0, 0.05) is 6.21 Å². The highest BCUT2D eigenvalue weighted by molar-refractivity contribution is 7.71. The van der Waals surface area contributed by atoms with Crippen molar-refractivity contribution in [3.8, 4) is 11.6 Å². The van der Waals surface area contributed by atoms with Gasteiger partial charge in [0.25, 0.3) is 5.56 Å². The molecule has 2 N–H and O–H groups in total. The van der Waals surface area contributed by atoms with Gasteiger partial charge in [0.15, 0.2) is 4.77 Å². The zero-order valence-electron chi connectivity index (χ0n) is 12.0. The number of rotatable bonds is 3. The number of aliphatic imine (C=N–C) groups is 1. The molecule has 0 aliphatic carbocycles. The molecule has 5 nitrogen and oxygen atoms in total. The van der Waals surface area contributed by atoms with Crippen molar-refractivity contribution in [3.63, 3.8) is 0 Å². The number of H-pyrrole nitrogens is 1. The molecule has 0 bridgehead atoms. The first-order valence-electron chi connectivity index (χ1n) is 6.89. The molecule has 114 valence electrons. The van der Waals surface area contributed by atoms with Crippen molar-refractivity contribution < 1.29 is 5.11 Å². The topological polar surface area (TPSA) is 70.4 Å². The van der Waals surface area contributed by atoms with Crippen molar-refractivity contribution in [2.45, 2.75) is 0 Å². The first-order chi connectivity index (χ1) is 11.2. The predicted octanol–water partition coefficient (Wildman–Crippen LogP) is 3.35. The molecule has 0 atom stereocenters. The Kier molecular flexibility index (Phi) is 4.16. The third kappa shape index (κ3) is 3.12. The molecule has 0 saturated carbocycles. The minimum absolute atomic E-state index is 0.0475. The molecule has 6 heteroatoms. The van der Waals surface area contributed by atoms with Crippen LogP contribution in [0, 0.1) is 4.77 Å². The highest BCUT2D eigenvalue weighted by Crippen LogP contribution is 2.19. The van der Waals surface area contributed by atoms with Gasteiger partial charge >= 0.3 is 0 Å². The smallest absolute Gasteiger partial charge is 0.264 e. The Morgan fingerprint density at radius 2 is 1.65 bits per heavy atom. The summed E-state index contributed by atoms with van der Waals surface area (Å²) in [6, 6.07) is 18.2. The number of hydrogen-bond donors (Lipinski definition) is 2. The van der Waals surface area contributed by atoms with Crippen molar-refractivity contribution in [2.24, 2.45) is 4.99 Å². The molecule has 0 amide bonds. The molecule has 23 heavy (non-hydrogen) atoms. The molecule has 0 saturated heterocycles. The third-order valence-electron chi connectivity index (χ3n) is 3.23. The monoisotopic (exact) mass is 323 g/mol. The number of aromatic nitrogens is 2. The second-order valence-corrected chi connectivity index (χ2v) is 5.15. The number of benzene rings is 2. The molecule has 3 rings (SSSR count).